The molecule has 0 fully saturated rings. The maximum Gasteiger partial charge on any atom is 0.225 e. The van der Waals surface area contributed by atoms with Crippen LogP contribution in [0.5, 0.6) is 11.5 Å². The SMILES string of the molecule is COc1ccc(CCNCCC(=O)Nc2ccc(F)cc2)cc1OC. The molecule has 0 aliphatic rings. The summed E-state index contributed by atoms with van der Waals surface area (Å²) >= 11 is 0. The van der Waals surface area contributed by atoms with Gasteiger partial charge < -0.3 is 20.1 Å². The zero-order valence-corrected chi connectivity index (χ0v) is 14.5. The molecule has 1 amide bonds. The van der Waals surface area contributed by atoms with Crippen LogP contribution in [-0.2, 0) is 11.2 Å². The Kier molecular flexibility index (Phi) is 7.22. The molecule has 0 radical (unpaired) electrons. The average molecular weight is 346 g/mol. The van der Waals surface area contributed by atoms with Crippen LogP contribution in [0, 0.1) is 5.82 Å². The number of halogens is 1. The first-order valence-corrected chi connectivity index (χ1v) is 8.09. The van der Waals surface area contributed by atoms with Gasteiger partial charge in [0.05, 0.1) is 14.2 Å². The molecule has 2 rings (SSSR count). The molecule has 0 atom stereocenters. The van der Waals surface area contributed by atoms with Gasteiger partial charge in [0.1, 0.15) is 5.82 Å². The highest BCUT2D eigenvalue weighted by molar-refractivity contribution is 5.90. The predicted molar refractivity (Wildman–Crippen MR) is 95.8 cm³/mol. The average Bonchev–Trinajstić information content (AvgIpc) is 2.63. The number of methoxy groups -OCH3 is 2. The predicted octanol–water partition coefficient (Wildman–Crippen LogP) is 3.00. The van der Waals surface area contributed by atoms with Gasteiger partial charge in [0.15, 0.2) is 11.5 Å². The Morgan fingerprint density at radius 2 is 1.72 bits per heavy atom. The second-order valence-corrected chi connectivity index (χ2v) is 5.49. The van der Waals surface area contributed by atoms with Crippen molar-refractivity contribution in [2.45, 2.75) is 12.8 Å². The molecule has 0 spiro atoms. The molecule has 0 aliphatic heterocycles. The van der Waals surface area contributed by atoms with Crippen LogP contribution in [0.3, 0.4) is 0 Å². The van der Waals surface area contributed by atoms with Crippen LogP contribution in [0.25, 0.3) is 0 Å². The van der Waals surface area contributed by atoms with Crippen molar-refractivity contribution in [2.75, 3.05) is 32.6 Å². The molecule has 0 saturated heterocycles. The number of carbonyl (C=O) groups excluding carboxylic acids is 1. The van der Waals surface area contributed by atoms with Gasteiger partial charge in [0, 0.05) is 18.7 Å². The Bertz CT molecular complexity index is 690. The molecular weight excluding hydrogens is 323 g/mol. The summed E-state index contributed by atoms with van der Waals surface area (Å²) < 4.78 is 23.3. The minimum absolute atomic E-state index is 0.106. The highest BCUT2D eigenvalue weighted by Gasteiger charge is 2.05. The summed E-state index contributed by atoms with van der Waals surface area (Å²) in [6.45, 7) is 1.32. The summed E-state index contributed by atoms with van der Waals surface area (Å²) in [5.41, 5.74) is 1.72. The summed E-state index contributed by atoms with van der Waals surface area (Å²) in [6, 6.07) is 11.5. The summed E-state index contributed by atoms with van der Waals surface area (Å²) in [4.78, 5) is 11.8. The number of carbonyl (C=O) groups is 1. The fourth-order valence-electron chi connectivity index (χ4n) is 2.35. The third-order valence-corrected chi connectivity index (χ3v) is 3.70. The Morgan fingerprint density at radius 3 is 2.40 bits per heavy atom. The highest BCUT2D eigenvalue weighted by Crippen LogP contribution is 2.27. The third kappa shape index (κ3) is 6.08. The highest BCUT2D eigenvalue weighted by atomic mass is 19.1. The van der Waals surface area contributed by atoms with E-state index in [0.717, 1.165) is 18.5 Å². The lowest BCUT2D eigenvalue weighted by molar-refractivity contribution is -0.116. The van der Waals surface area contributed by atoms with Crippen LogP contribution in [0.15, 0.2) is 42.5 Å². The number of hydrogen-bond acceptors (Lipinski definition) is 4. The quantitative estimate of drug-likeness (QED) is 0.685. The summed E-state index contributed by atoms with van der Waals surface area (Å²) in [7, 11) is 3.22. The van der Waals surface area contributed by atoms with E-state index in [1.54, 1.807) is 14.2 Å². The number of ether oxygens (including phenoxy) is 2. The second kappa shape index (κ2) is 9.64. The van der Waals surface area contributed by atoms with Gasteiger partial charge in [-0.1, -0.05) is 6.07 Å². The maximum atomic E-state index is 12.8. The number of amides is 1. The van der Waals surface area contributed by atoms with Gasteiger partial charge in [-0.05, 0) is 54.9 Å². The molecule has 6 heteroatoms. The van der Waals surface area contributed by atoms with Gasteiger partial charge in [0.2, 0.25) is 5.91 Å². The van der Waals surface area contributed by atoms with Crippen LogP contribution in [0.1, 0.15) is 12.0 Å². The van der Waals surface area contributed by atoms with E-state index in [4.69, 9.17) is 9.47 Å². The molecule has 0 unspecified atom stereocenters. The zero-order valence-electron chi connectivity index (χ0n) is 14.5. The minimum Gasteiger partial charge on any atom is -0.493 e. The van der Waals surface area contributed by atoms with Crippen molar-refractivity contribution >= 4 is 11.6 Å². The molecule has 0 aliphatic carbocycles. The molecule has 2 aromatic rings. The van der Waals surface area contributed by atoms with E-state index >= 15 is 0 Å². The van der Waals surface area contributed by atoms with Gasteiger partial charge in [-0.3, -0.25) is 4.79 Å². The van der Waals surface area contributed by atoms with Crippen molar-refractivity contribution < 1.29 is 18.7 Å². The lowest BCUT2D eigenvalue weighted by Gasteiger charge is -2.10. The Balaban J connectivity index is 1.67. The van der Waals surface area contributed by atoms with Crippen molar-refractivity contribution in [1.82, 2.24) is 5.32 Å². The molecular formula is C19H23FN2O3. The molecule has 2 N–H and O–H groups in total. The van der Waals surface area contributed by atoms with E-state index < -0.39 is 0 Å². The first kappa shape index (κ1) is 18.7. The number of anilines is 1. The van der Waals surface area contributed by atoms with Crippen LogP contribution in [0.4, 0.5) is 10.1 Å². The number of benzene rings is 2. The van der Waals surface area contributed by atoms with Crippen molar-refractivity contribution in [3.8, 4) is 11.5 Å². The van der Waals surface area contributed by atoms with E-state index in [2.05, 4.69) is 10.6 Å². The molecule has 25 heavy (non-hydrogen) atoms. The van der Waals surface area contributed by atoms with Crippen LogP contribution >= 0.6 is 0 Å². The Hall–Kier alpha value is -2.60. The lowest BCUT2D eigenvalue weighted by atomic mass is 10.1. The Morgan fingerprint density at radius 1 is 1.00 bits per heavy atom. The molecule has 0 bridgehead atoms. The molecule has 2 aromatic carbocycles. The summed E-state index contributed by atoms with van der Waals surface area (Å²) in [5.74, 6) is 0.982. The minimum atomic E-state index is -0.324. The van der Waals surface area contributed by atoms with Crippen LogP contribution < -0.4 is 20.1 Å². The number of hydrogen-bond donors (Lipinski definition) is 2. The Labute approximate surface area is 147 Å². The first-order valence-electron chi connectivity index (χ1n) is 8.09. The van der Waals surface area contributed by atoms with Crippen molar-refractivity contribution in [3.63, 3.8) is 0 Å². The zero-order chi connectivity index (χ0) is 18.1. The van der Waals surface area contributed by atoms with Gasteiger partial charge in [0.25, 0.3) is 0 Å². The van der Waals surface area contributed by atoms with Gasteiger partial charge in [-0.15, -0.1) is 0 Å². The largest absolute Gasteiger partial charge is 0.493 e. The first-order chi connectivity index (χ1) is 12.1. The molecule has 0 saturated carbocycles. The van der Waals surface area contributed by atoms with E-state index in [1.807, 2.05) is 18.2 Å². The molecule has 5 nitrogen and oxygen atoms in total. The van der Waals surface area contributed by atoms with Crippen LogP contribution in [-0.4, -0.2) is 33.2 Å². The second-order valence-electron chi connectivity index (χ2n) is 5.49. The molecule has 0 heterocycles. The molecule has 134 valence electrons. The van der Waals surface area contributed by atoms with E-state index in [0.29, 0.717) is 30.2 Å². The maximum absolute atomic E-state index is 12.8. The van der Waals surface area contributed by atoms with Crippen molar-refractivity contribution in [3.05, 3.63) is 53.8 Å². The fourth-order valence-corrected chi connectivity index (χ4v) is 2.35. The fraction of sp³-hybridized carbons (Fsp3) is 0.316. The van der Waals surface area contributed by atoms with E-state index in [9.17, 15) is 9.18 Å². The van der Waals surface area contributed by atoms with Crippen LogP contribution in [0.2, 0.25) is 0 Å². The number of nitrogens with one attached hydrogen (secondary N) is 2. The van der Waals surface area contributed by atoms with Crippen molar-refractivity contribution in [1.29, 1.82) is 0 Å². The summed E-state index contributed by atoms with van der Waals surface area (Å²) in [5, 5.41) is 5.96. The monoisotopic (exact) mass is 346 g/mol. The van der Waals surface area contributed by atoms with E-state index in [-0.39, 0.29) is 11.7 Å². The number of rotatable bonds is 9. The smallest absolute Gasteiger partial charge is 0.225 e. The van der Waals surface area contributed by atoms with E-state index in [1.165, 1.54) is 24.3 Å². The topological polar surface area (TPSA) is 59.6 Å². The van der Waals surface area contributed by atoms with Gasteiger partial charge in [-0.25, -0.2) is 4.39 Å². The van der Waals surface area contributed by atoms with Gasteiger partial charge in [-0.2, -0.15) is 0 Å². The molecule has 0 aromatic heterocycles. The summed E-state index contributed by atoms with van der Waals surface area (Å²) in [6.07, 6.45) is 1.17. The standard InChI is InChI=1S/C19H23FN2O3/c1-24-17-8-3-14(13-18(17)25-2)9-11-21-12-10-19(23)22-16-6-4-15(20)5-7-16/h3-8,13,21H,9-12H2,1-2H3,(H,22,23). The lowest BCUT2D eigenvalue weighted by Crippen LogP contribution is -2.23. The van der Waals surface area contributed by atoms with Gasteiger partial charge >= 0.3 is 0 Å². The third-order valence-electron chi connectivity index (χ3n) is 3.70. The normalized spacial score (nSPS) is 10.4. The van der Waals surface area contributed by atoms with Crippen molar-refractivity contribution in [2.24, 2.45) is 0 Å².